The Kier molecular flexibility index (Phi) is 7.47. The number of halogens is 1. The van der Waals surface area contributed by atoms with E-state index in [1.165, 1.54) is 19.4 Å². The van der Waals surface area contributed by atoms with Crippen molar-refractivity contribution in [3.8, 4) is 11.5 Å². The summed E-state index contributed by atoms with van der Waals surface area (Å²) in [7, 11) is 3.34. The number of hydrogen-bond acceptors (Lipinski definition) is 6. The summed E-state index contributed by atoms with van der Waals surface area (Å²) >= 11 is 0. The Morgan fingerprint density at radius 2 is 2.00 bits per heavy atom. The molecule has 10 nitrogen and oxygen atoms in total. The van der Waals surface area contributed by atoms with Crippen molar-refractivity contribution in [1.29, 1.82) is 0 Å². The van der Waals surface area contributed by atoms with E-state index in [1.807, 2.05) is 11.9 Å². The molecule has 0 spiro atoms. The van der Waals surface area contributed by atoms with Crippen LogP contribution in [0.4, 0.5) is 14.9 Å². The molecule has 0 bridgehead atoms. The van der Waals surface area contributed by atoms with Gasteiger partial charge < -0.3 is 40.3 Å². The minimum Gasteiger partial charge on any atom is -0.492 e. The number of anilines is 1. The van der Waals surface area contributed by atoms with Gasteiger partial charge in [0.05, 0.1) is 24.2 Å². The summed E-state index contributed by atoms with van der Waals surface area (Å²) in [5, 5.41) is 12.2. The lowest BCUT2D eigenvalue weighted by Crippen LogP contribution is -2.45. The molecule has 1 aliphatic carbocycles. The Hall–Kier alpha value is -2.89. The molecule has 1 unspecified atom stereocenters. The van der Waals surface area contributed by atoms with Crippen LogP contribution in [0.15, 0.2) is 17.1 Å². The highest BCUT2D eigenvalue weighted by Crippen LogP contribution is 2.44. The number of fused-ring (bicyclic) bond motifs is 1. The fourth-order valence-electron chi connectivity index (χ4n) is 4.13. The molecule has 1 saturated heterocycles. The molecule has 1 saturated carbocycles. The van der Waals surface area contributed by atoms with Crippen LogP contribution in [0.2, 0.25) is 0 Å². The van der Waals surface area contributed by atoms with Crippen LogP contribution in [0.5, 0.6) is 11.5 Å². The molecular formula is C20H28FN3O7. The van der Waals surface area contributed by atoms with E-state index in [2.05, 4.69) is 10.1 Å². The summed E-state index contributed by atoms with van der Waals surface area (Å²) in [5.74, 6) is -0.611. The molecule has 1 aliphatic heterocycles. The number of pyridine rings is 1. The fourth-order valence-corrected chi connectivity index (χ4v) is 4.13. The number of aromatic nitrogens is 1. The van der Waals surface area contributed by atoms with E-state index >= 15 is 4.39 Å². The van der Waals surface area contributed by atoms with Crippen molar-refractivity contribution in [1.82, 2.24) is 9.88 Å². The van der Waals surface area contributed by atoms with Crippen LogP contribution >= 0.6 is 0 Å². The normalized spacial score (nSPS) is 18.2. The molecule has 1 aromatic carbocycles. The maximum atomic E-state index is 15.3. The van der Waals surface area contributed by atoms with E-state index in [0.717, 1.165) is 25.7 Å². The van der Waals surface area contributed by atoms with Gasteiger partial charge in [-0.3, -0.25) is 4.79 Å². The lowest BCUT2D eigenvalue weighted by atomic mass is 10.0. The predicted octanol–water partition coefficient (Wildman–Crippen LogP) is 1.08. The van der Waals surface area contributed by atoms with Crippen LogP contribution < -0.4 is 25.1 Å². The topological polar surface area (TPSA) is 156 Å². The molecule has 4 rings (SSSR count). The van der Waals surface area contributed by atoms with Crippen molar-refractivity contribution >= 4 is 22.7 Å². The maximum Gasteiger partial charge on any atom is 0.511 e. The lowest BCUT2D eigenvalue weighted by Gasteiger charge is -2.35. The minimum absolute atomic E-state index is 0. The van der Waals surface area contributed by atoms with Crippen molar-refractivity contribution in [3.05, 3.63) is 28.3 Å². The van der Waals surface area contributed by atoms with Gasteiger partial charge >= 0.3 is 6.16 Å². The molecule has 2 aliphatic rings. The Morgan fingerprint density at radius 1 is 1.29 bits per heavy atom. The highest BCUT2D eigenvalue weighted by atomic mass is 19.1. The molecule has 2 aromatic rings. The standard InChI is InChI=1S/C20H24FN3O5.2H2O/c1-22-11-4-3-7-23(9-11)17-14(21)8-13-16(19(17)28-2)24(12-5-6-12)10-15(18(13)25)29-20(26)27;;/h8,10-12,22H,3-7,9H2,1-2H3,(H,26,27);2*1H2. The van der Waals surface area contributed by atoms with Crippen LogP contribution in [0.25, 0.3) is 10.9 Å². The van der Waals surface area contributed by atoms with E-state index in [1.54, 1.807) is 4.57 Å². The molecular weight excluding hydrogens is 413 g/mol. The highest BCUT2D eigenvalue weighted by Gasteiger charge is 2.32. The molecule has 11 heteroatoms. The molecule has 0 amide bonds. The second-order valence-electron chi connectivity index (χ2n) is 7.54. The lowest BCUT2D eigenvalue weighted by molar-refractivity contribution is 0.143. The van der Waals surface area contributed by atoms with E-state index in [0.29, 0.717) is 30.0 Å². The Bertz CT molecular complexity index is 1020. The average Bonchev–Trinajstić information content (AvgIpc) is 3.54. The average molecular weight is 441 g/mol. The van der Waals surface area contributed by atoms with Gasteiger partial charge in [0.15, 0.2) is 17.3 Å². The van der Waals surface area contributed by atoms with E-state index < -0.39 is 17.4 Å². The Labute approximate surface area is 177 Å². The first kappa shape index (κ1) is 24.4. The number of likely N-dealkylation sites (N-methyl/N-ethyl adjacent to an activating group) is 1. The number of methoxy groups -OCH3 is 1. The smallest absolute Gasteiger partial charge is 0.492 e. The summed E-state index contributed by atoms with van der Waals surface area (Å²) in [6.45, 7) is 1.31. The van der Waals surface area contributed by atoms with Gasteiger partial charge in [0, 0.05) is 25.2 Å². The van der Waals surface area contributed by atoms with Crippen LogP contribution in [0.1, 0.15) is 31.7 Å². The third kappa shape index (κ3) is 4.43. The van der Waals surface area contributed by atoms with Crippen molar-refractivity contribution < 1.29 is 34.7 Å². The van der Waals surface area contributed by atoms with Gasteiger partial charge in [0.25, 0.3) is 0 Å². The summed E-state index contributed by atoms with van der Waals surface area (Å²) < 4.78 is 27.3. The van der Waals surface area contributed by atoms with E-state index in [-0.39, 0.29) is 34.2 Å². The zero-order chi connectivity index (χ0) is 20.7. The molecule has 31 heavy (non-hydrogen) atoms. The van der Waals surface area contributed by atoms with Crippen LogP contribution in [-0.4, -0.2) is 60.1 Å². The van der Waals surface area contributed by atoms with Gasteiger partial charge in [-0.1, -0.05) is 0 Å². The van der Waals surface area contributed by atoms with Gasteiger partial charge in [-0.15, -0.1) is 0 Å². The quantitative estimate of drug-likeness (QED) is 0.658. The number of benzene rings is 1. The number of carboxylic acid groups (broad SMARTS) is 1. The number of rotatable bonds is 5. The summed E-state index contributed by atoms with van der Waals surface area (Å²) in [5.41, 5.74) is 0.135. The summed E-state index contributed by atoms with van der Waals surface area (Å²) in [4.78, 5) is 25.7. The number of ether oxygens (including phenoxy) is 2. The van der Waals surface area contributed by atoms with Crippen LogP contribution in [0.3, 0.4) is 0 Å². The van der Waals surface area contributed by atoms with Crippen molar-refractivity contribution in [3.63, 3.8) is 0 Å². The third-order valence-electron chi connectivity index (χ3n) is 5.65. The third-order valence-corrected chi connectivity index (χ3v) is 5.65. The Morgan fingerprint density at radius 3 is 2.58 bits per heavy atom. The fraction of sp³-hybridized carbons (Fsp3) is 0.500. The van der Waals surface area contributed by atoms with Gasteiger partial charge in [-0.05, 0) is 38.8 Å². The molecule has 6 N–H and O–H groups in total. The first-order valence-corrected chi connectivity index (χ1v) is 9.73. The van der Waals surface area contributed by atoms with Gasteiger partial charge in [0.2, 0.25) is 5.43 Å². The first-order valence-electron chi connectivity index (χ1n) is 9.73. The summed E-state index contributed by atoms with van der Waals surface area (Å²) in [6, 6.07) is 1.50. The SMILES string of the molecule is CNC1CCCN(c2c(F)cc3c(=O)c(OC(=O)O)cn(C4CC4)c3c2OC)C1.O.O. The second-order valence-corrected chi connectivity index (χ2v) is 7.54. The highest BCUT2D eigenvalue weighted by molar-refractivity contribution is 5.92. The number of nitrogens with one attached hydrogen (secondary N) is 1. The molecule has 0 radical (unpaired) electrons. The van der Waals surface area contributed by atoms with Gasteiger partial charge in [-0.2, -0.15) is 0 Å². The van der Waals surface area contributed by atoms with Crippen LogP contribution in [0, 0.1) is 5.82 Å². The number of nitrogens with zero attached hydrogens (tertiary/aromatic N) is 2. The second kappa shape index (κ2) is 9.50. The Balaban J connectivity index is 0.00000171. The van der Waals surface area contributed by atoms with Crippen LogP contribution in [-0.2, 0) is 0 Å². The predicted molar refractivity (Wildman–Crippen MR) is 113 cm³/mol. The van der Waals surface area contributed by atoms with Crippen molar-refractivity contribution in [2.75, 3.05) is 32.1 Å². The number of piperidine rings is 1. The summed E-state index contributed by atoms with van der Waals surface area (Å²) in [6.07, 6.45) is 3.49. The molecule has 1 aromatic heterocycles. The monoisotopic (exact) mass is 441 g/mol. The number of hydrogen-bond donors (Lipinski definition) is 2. The molecule has 1 atom stereocenters. The van der Waals surface area contributed by atoms with Crippen molar-refractivity contribution in [2.24, 2.45) is 0 Å². The maximum absolute atomic E-state index is 15.3. The minimum atomic E-state index is -1.58. The van der Waals surface area contributed by atoms with E-state index in [9.17, 15) is 9.59 Å². The molecule has 172 valence electrons. The molecule has 2 heterocycles. The zero-order valence-electron chi connectivity index (χ0n) is 17.4. The number of carbonyl (C=O) groups is 1. The zero-order valence-corrected chi connectivity index (χ0v) is 17.4. The molecule has 2 fully saturated rings. The van der Waals surface area contributed by atoms with E-state index in [4.69, 9.17) is 9.84 Å². The van der Waals surface area contributed by atoms with Crippen molar-refractivity contribution in [2.45, 2.75) is 37.8 Å². The largest absolute Gasteiger partial charge is 0.511 e. The van der Waals surface area contributed by atoms with Gasteiger partial charge in [-0.25, -0.2) is 9.18 Å². The first-order chi connectivity index (χ1) is 13.9. The van der Waals surface area contributed by atoms with Gasteiger partial charge in [0.1, 0.15) is 5.69 Å².